The molecule has 5 fully saturated rings. The van der Waals surface area contributed by atoms with Crippen molar-refractivity contribution >= 4 is 17.6 Å². The Morgan fingerprint density at radius 2 is 1.64 bits per heavy atom. The second-order valence-corrected chi connectivity index (χ2v) is 14.3. The maximum Gasteiger partial charge on any atom is 0.338 e. The minimum atomic E-state index is -0.435. The van der Waals surface area contributed by atoms with Gasteiger partial charge in [-0.25, -0.2) is 9.78 Å². The standard InChI is InChI=1S/C37H41N3O4/c41-33(38-30-8-4-7-29(18-30)34(42)43-22-25-5-2-1-3-6-25)32-31(39-35(40-32)36-12-9-24(10-13-36)11-14-36)23-44-37-19-26-15-27(20-37)17-28(16-26)21-37/h1-9,12,18,24,26-28H,10-11,13-17,19-23H2,(H,38,41)(H,39,40). The Morgan fingerprint density at radius 1 is 0.909 bits per heavy atom. The Labute approximate surface area is 258 Å². The van der Waals surface area contributed by atoms with Gasteiger partial charge in [0, 0.05) is 11.1 Å². The van der Waals surface area contributed by atoms with E-state index in [2.05, 4.69) is 22.5 Å². The fourth-order valence-corrected chi connectivity index (χ4v) is 9.24. The van der Waals surface area contributed by atoms with Gasteiger partial charge in [-0.15, -0.1) is 0 Å². The number of aromatic amines is 1. The molecule has 1 aromatic heterocycles. The van der Waals surface area contributed by atoms with Gasteiger partial charge in [0.05, 0.1) is 23.5 Å². The molecule has 0 aliphatic heterocycles. The number of hydrogen-bond acceptors (Lipinski definition) is 5. The second kappa shape index (κ2) is 11.0. The van der Waals surface area contributed by atoms with Crippen LogP contribution in [0.15, 0.2) is 66.7 Å². The fourth-order valence-electron chi connectivity index (χ4n) is 9.24. The Morgan fingerprint density at radius 3 is 2.32 bits per heavy atom. The number of H-pyrrole nitrogens is 1. The molecule has 6 bridgehead atoms. The lowest BCUT2D eigenvalue weighted by atomic mass is 9.54. The first-order valence-electron chi connectivity index (χ1n) is 16.5. The van der Waals surface area contributed by atoms with Gasteiger partial charge in [-0.05, 0) is 112 Å². The molecule has 7 aliphatic carbocycles. The van der Waals surface area contributed by atoms with Crippen LogP contribution in [0.1, 0.15) is 102 Å². The molecule has 228 valence electrons. The Hall–Kier alpha value is -3.71. The summed E-state index contributed by atoms with van der Waals surface area (Å²) in [6.45, 7) is 0.548. The zero-order valence-corrected chi connectivity index (χ0v) is 25.2. The Kier molecular flexibility index (Phi) is 6.97. The largest absolute Gasteiger partial charge is 0.457 e. The van der Waals surface area contributed by atoms with Crippen molar-refractivity contribution in [2.24, 2.45) is 23.7 Å². The van der Waals surface area contributed by atoms with Crippen molar-refractivity contribution in [1.82, 2.24) is 9.97 Å². The molecule has 0 unspecified atom stereocenters. The van der Waals surface area contributed by atoms with Crippen molar-refractivity contribution in [2.45, 2.75) is 88.4 Å². The van der Waals surface area contributed by atoms with Gasteiger partial charge in [0.25, 0.3) is 5.91 Å². The van der Waals surface area contributed by atoms with Crippen molar-refractivity contribution < 1.29 is 19.1 Å². The first-order valence-corrected chi connectivity index (χ1v) is 16.5. The number of allylic oxidation sites excluding steroid dienone is 2. The van der Waals surface area contributed by atoms with Crippen molar-refractivity contribution in [3.05, 3.63) is 95.1 Å². The molecule has 0 radical (unpaired) electrons. The molecule has 3 aromatic rings. The second-order valence-electron chi connectivity index (χ2n) is 14.3. The topological polar surface area (TPSA) is 93.3 Å². The average Bonchev–Trinajstić information content (AvgIpc) is 3.49. The van der Waals surface area contributed by atoms with E-state index in [0.717, 1.165) is 79.8 Å². The highest BCUT2D eigenvalue weighted by molar-refractivity contribution is 6.04. The van der Waals surface area contributed by atoms with E-state index in [9.17, 15) is 9.59 Å². The predicted molar refractivity (Wildman–Crippen MR) is 167 cm³/mol. The van der Waals surface area contributed by atoms with Crippen LogP contribution in [0.4, 0.5) is 5.69 Å². The number of carbonyl (C=O) groups is 2. The van der Waals surface area contributed by atoms with Gasteiger partial charge in [0.2, 0.25) is 0 Å². The highest BCUT2D eigenvalue weighted by Crippen LogP contribution is 2.57. The van der Waals surface area contributed by atoms with Crippen LogP contribution < -0.4 is 5.32 Å². The summed E-state index contributed by atoms with van der Waals surface area (Å²) in [5.41, 5.74) is 2.75. The maximum atomic E-state index is 13.9. The summed E-state index contributed by atoms with van der Waals surface area (Å²) in [6.07, 6.45) is 16.6. The van der Waals surface area contributed by atoms with Crippen LogP contribution in [0.5, 0.6) is 0 Å². The molecule has 7 heteroatoms. The number of carbonyl (C=O) groups excluding carboxylic acids is 2. The minimum Gasteiger partial charge on any atom is -0.457 e. The van der Waals surface area contributed by atoms with E-state index >= 15 is 0 Å². The molecule has 10 rings (SSSR count). The van der Waals surface area contributed by atoms with E-state index in [0.29, 0.717) is 29.5 Å². The first kappa shape index (κ1) is 27.8. The van der Waals surface area contributed by atoms with E-state index < -0.39 is 5.97 Å². The van der Waals surface area contributed by atoms with Gasteiger partial charge in [-0.2, -0.15) is 0 Å². The van der Waals surface area contributed by atoms with E-state index in [1.165, 1.54) is 19.3 Å². The quantitative estimate of drug-likeness (QED) is 0.199. The van der Waals surface area contributed by atoms with Crippen LogP contribution in [-0.4, -0.2) is 27.4 Å². The number of amides is 1. The number of hydrogen-bond donors (Lipinski definition) is 2. The van der Waals surface area contributed by atoms with Crippen LogP contribution in [0.25, 0.3) is 0 Å². The number of nitrogens with zero attached hydrogens (tertiary/aromatic N) is 1. The van der Waals surface area contributed by atoms with Crippen LogP contribution in [0.3, 0.4) is 0 Å². The lowest BCUT2D eigenvalue weighted by molar-refractivity contribution is -0.169. The molecule has 0 atom stereocenters. The monoisotopic (exact) mass is 591 g/mol. The lowest BCUT2D eigenvalue weighted by Crippen LogP contribution is -2.51. The van der Waals surface area contributed by atoms with Gasteiger partial charge in [0.15, 0.2) is 5.69 Å². The number of imidazole rings is 1. The summed E-state index contributed by atoms with van der Waals surface area (Å²) in [5, 5.41) is 3.02. The van der Waals surface area contributed by atoms with E-state index in [1.807, 2.05) is 30.3 Å². The molecule has 2 N–H and O–H groups in total. The molecule has 1 amide bonds. The smallest absolute Gasteiger partial charge is 0.338 e. The van der Waals surface area contributed by atoms with E-state index in [4.69, 9.17) is 14.5 Å². The van der Waals surface area contributed by atoms with E-state index in [-0.39, 0.29) is 23.5 Å². The molecular weight excluding hydrogens is 550 g/mol. The Balaban J connectivity index is 1.02. The highest BCUT2D eigenvalue weighted by Gasteiger charge is 2.52. The van der Waals surface area contributed by atoms with Gasteiger partial charge in [0.1, 0.15) is 12.4 Å². The Bertz CT molecular complexity index is 1550. The average molecular weight is 592 g/mol. The molecule has 0 spiro atoms. The van der Waals surface area contributed by atoms with Crippen molar-refractivity contribution in [1.29, 1.82) is 0 Å². The fraction of sp³-hybridized carbons (Fsp3) is 0.486. The van der Waals surface area contributed by atoms with Gasteiger partial charge in [-0.1, -0.05) is 48.6 Å². The van der Waals surface area contributed by atoms with Crippen molar-refractivity contribution in [3.8, 4) is 0 Å². The van der Waals surface area contributed by atoms with Gasteiger partial charge in [-0.3, -0.25) is 4.79 Å². The minimum absolute atomic E-state index is 0.0662. The van der Waals surface area contributed by atoms with E-state index in [1.54, 1.807) is 24.3 Å². The summed E-state index contributed by atoms with van der Waals surface area (Å²) in [6, 6.07) is 16.5. The molecule has 44 heavy (non-hydrogen) atoms. The number of anilines is 1. The first-order chi connectivity index (χ1) is 21.4. The third-order valence-electron chi connectivity index (χ3n) is 11.1. The summed E-state index contributed by atoms with van der Waals surface area (Å²) < 4.78 is 12.3. The number of aromatic nitrogens is 2. The van der Waals surface area contributed by atoms with Crippen LogP contribution >= 0.6 is 0 Å². The maximum absolute atomic E-state index is 13.9. The van der Waals surface area contributed by atoms with Crippen molar-refractivity contribution in [3.63, 3.8) is 0 Å². The summed E-state index contributed by atoms with van der Waals surface area (Å²) in [5.74, 6) is 3.17. The van der Waals surface area contributed by atoms with Crippen molar-refractivity contribution in [2.75, 3.05) is 5.32 Å². The molecule has 7 nitrogen and oxygen atoms in total. The third kappa shape index (κ3) is 5.29. The lowest BCUT2D eigenvalue weighted by Gasteiger charge is -2.56. The molecule has 0 saturated heterocycles. The highest BCUT2D eigenvalue weighted by atomic mass is 16.5. The summed E-state index contributed by atoms with van der Waals surface area (Å²) in [4.78, 5) is 35.3. The third-order valence-corrected chi connectivity index (χ3v) is 11.1. The zero-order chi connectivity index (χ0) is 29.7. The number of esters is 1. The molecule has 7 aliphatic rings. The van der Waals surface area contributed by atoms with Crippen LogP contribution in [-0.2, 0) is 28.1 Å². The zero-order valence-electron chi connectivity index (χ0n) is 25.2. The van der Waals surface area contributed by atoms with Gasteiger partial charge >= 0.3 is 5.97 Å². The molecular formula is C37H41N3O4. The number of ether oxygens (including phenoxy) is 2. The van der Waals surface area contributed by atoms with Crippen LogP contribution in [0.2, 0.25) is 0 Å². The number of rotatable bonds is 9. The summed E-state index contributed by atoms with van der Waals surface area (Å²) in [7, 11) is 0. The summed E-state index contributed by atoms with van der Waals surface area (Å²) >= 11 is 0. The van der Waals surface area contributed by atoms with Gasteiger partial charge < -0.3 is 19.8 Å². The number of fused-ring (bicyclic) bond motifs is 2. The molecule has 1 heterocycles. The number of nitrogens with one attached hydrogen (secondary N) is 2. The normalized spacial score (nSPS) is 31.3. The number of benzene rings is 2. The molecule has 5 saturated carbocycles. The SMILES string of the molecule is O=C(OCc1ccccc1)c1cccc(NC(=O)c2nc(C34C=CC(CC3)CC4)[nH]c2COC23CC4CC(CC(C4)C2)C3)c1. The molecule has 2 aromatic carbocycles. The predicted octanol–water partition coefficient (Wildman–Crippen LogP) is 7.50. The van der Waals surface area contributed by atoms with Crippen LogP contribution in [0, 0.1) is 23.7 Å².